The van der Waals surface area contributed by atoms with Crippen molar-refractivity contribution < 1.29 is 14.3 Å². The van der Waals surface area contributed by atoms with Gasteiger partial charge in [0, 0.05) is 32.1 Å². The Morgan fingerprint density at radius 3 is 2.73 bits per heavy atom. The first-order chi connectivity index (χ1) is 12.1. The lowest BCUT2D eigenvalue weighted by molar-refractivity contribution is -0.124. The van der Waals surface area contributed by atoms with Crippen LogP contribution in [0.2, 0.25) is 0 Å². The molecule has 0 aliphatic rings. The Morgan fingerprint density at radius 2 is 2.08 bits per heavy atom. The summed E-state index contributed by atoms with van der Waals surface area (Å²) in [6.07, 6.45) is 7.50. The van der Waals surface area contributed by atoms with Gasteiger partial charge < -0.3 is 14.4 Å². The van der Waals surface area contributed by atoms with Crippen molar-refractivity contribution in [3.05, 3.63) is 59.9 Å². The summed E-state index contributed by atoms with van der Waals surface area (Å²) in [6, 6.07) is 9.60. The lowest BCUT2D eigenvalue weighted by Crippen LogP contribution is -2.27. The lowest BCUT2D eigenvalue weighted by atomic mass is 10.1. The molecule has 0 bridgehead atoms. The van der Waals surface area contributed by atoms with Crippen LogP contribution in [-0.2, 0) is 11.2 Å². The number of amides is 1. The molecule has 1 aromatic carbocycles. The first kappa shape index (κ1) is 21.5. The zero-order valence-electron chi connectivity index (χ0n) is 15.3. The molecule has 0 atom stereocenters. The van der Waals surface area contributed by atoms with E-state index in [-0.39, 0.29) is 18.3 Å². The number of hydrogen-bond acceptors (Lipinski definition) is 4. The van der Waals surface area contributed by atoms with E-state index < -0.39 is 0 Å². The van der Waals surface area contributed by atoms with E-state index in [9.17, 15) is 4.79 Å². The van der Waals surface area contributed by atoms with Crippen LogP contribution in [0.1, 0.15) is 18.1 Å². The van der Waals surface area contributed by atoms with E-state index in [0.29, 0.717) is 13.2 Å². The number of nitrogens with zero attached hydrogens (tertiary/aromatic N) is 2. The van der Waals surface area contributed by atoms with Gasteiger partial charge in [0.15, 0.2) is 11.5 Å². The number of aromatic nitrogens is 1. The number of methoxy groups -OCH3 is 1. The quantitative estimate of drug-likeness (QED) is 0.660. The van der Waals surface area contributed by atoms with E-state index in [2.05, 4.69) is 4.98 Å². The van der Waals surface area contributed by atoms with Gasteiger partial charge in [0.2, 0.25) is 5.91 Å². The summed E-state index contributed by atoms with van der Waals surface area (Å²) in [6.45, 7) is 3.14. The average molecular weight is 377 g/mol. The summed E-state index contributed by atoms with van der Waals surface area (Å²) in [5, 5.41) is 0. The SMILES string of the molecule is CCOc1cc(CCN(C)C(=O)/C=C/c2cccnc2)ccc1OC.Cl. The second-order valence-corrected chi connectivity index (χ2v) is 5.55. The highest BCUT2D eigenvalue weighted by atomic mass is 35.5. The van der Waals surface area contributed by atoms with Crippen LogP contribution < -0.4 is 9.47 Å². The molecule has 0 fully saturated rings. The fourth-order valence-electron chi connectivity index (χ4n) is 2.32. The van der Waals surface area contributed by atoms with Crippen LogP contribution in [-0.4, -0.2) is 43.1 Å². The van der Waals surface area contributed by atoms with Gasteiger partial charge in [-0.25, -0.2) is 0 Å². The summed E-state index contributed by atoms with van der Waals surface area (Å²) in [7, 11) is 3.42. The Labute approximate surface area is 161 Å². The van der Waals surface area contributed by atoms with E-state index in [1.54, 1.807) is 43.6 Å². The average Bonchev–Trinajstić information content (AvgIpc) is 2.65. The molecule has 1 heterocycles. The molecule has 0 saturated carbocycles. The molecule has 2 aromatic rings. The van der Waals surface area contributed by atoms with Gasteiger partial charge in [-0.2, -0.15) is 0 Å². The molecule has 0 spiro atoms. The van der Waals surface area contributed by atoms with Gasteiger partial charge in [0.05, 0.1) is 13.7 Å². The van der Waals surface area contributed by atoms with Crippen molar-refractivity contribution in [2.24, 2.45) is 0 Å². The molecule has 1 aromatic heterocycles. The van der Waals surface area contributed by atoms with Crippen LogP contribution >= 0.6 is 12.4 Å². The molecule has 1 amide bonds. The molecule has 2 rings (SSSR count). The van der Waals surface area contributed by atoms with Crippen LogP contribution in [0.3, 0.4) is 0 Å². The van der Waals surface area contributed by atoms with Crippen molar-refractivity contribution in [2.45, 2.75) is 13.3 Å². The van der Waals surface area contributed by atoms with Crippen LogP contribution in [0.5, 0.6) is 11.5 Å². The molecule has 0 saturated heterocycles. The van der Waals surface area contributed by atoms with Gasteiger partial charge in [0.25, 0.3) is 0 Å². The molecule has 0 aliphatic heterocycles. The van der Waals surface area contributed by atoms with Gasteiger partial charge in [0.1, 0.15) is 0 Å². The highest BCUT2D eigenvalue weighted by Crippen LogP contribution is 2.28. The van der Waals surface area contributed by atoms with Crippen LogP contribution in [0.15, 0.2) is 48.8 Å². The zero-order valence-corrected chi connectivity index (χ0v) is 16.2. The second-order valence-electron chi connectivity index (χ2n) is 5.55. The topological polar surface area (TPSA) is 51.7 Å². The molecule has 0 radical (unpaired) electrons. The van der Waals surface area contributed by atoms with Gasteiger partial charge in [-0.3, -0.25) is 9.78 Å². The van der Waals surface area contributed by atoms with E-state index in [1.165, 1.54) is 0 Å². The molecule has 0 unspecified atom stereocenters. The largest absolute Gasteiger partial charge is 0.493 e. The number of carbonyl (C=O) groups excluding carboxylic acids is 1. The minimum Gasteiger partial charge on any atom is -0.493 e. The third-order valence-electron chi connectivity index (χ3n) is 3.74. The summed E-state index contributed by atoms with van der Waals surface area (Å²) in [5.41, 5.74) is 2.00. The van der Waals surface area contributed by atoms with Gasteiger partial charge >= 0.3 is 0 Å². The van der Waals surface area contributed by atoms with E-state index in [1.807, 2.05) is 37.3 Å². The molecule has 0 aliphatic carbocycles. The molecule has 0 N–H and O–H groups in total. The normalized spacial score (nSPS) is 10.3. The molecule has 26 heavy (non-hydrogen) atoms. The third kappa shape index (κ3) is 6.41. The minimum atomic E-state index is -0.0394. The van der Waals surface area contributed by atoms with Gasteiger partial charge in [-0.1, -0.05) is 12.1 Å². The van der Waals surface area contributed by atoms with Gasteiger partial charge in [-0.05, 0) is 48.7 Å². The number of benzene rings is 1. The maximum absolute atomic E-state index is 12.2. The van der Waals surface area contributed by atoms with Crippen molar-refractivity contribution in [2.75, 3.05) is 27.3 Å². The van der Waals surface area contributed by atoms with Gasteiger partial charge in [-0.15, -0.1) is 12.4 Å². The summed E-state index contributed by atoms with van der Waals surface area (Å²) in [5.74, 6) is 1.41. The number of hydrogen-bond donors (Lipinski definition) is 0. The van der Waals surface area contributed by atoms with E-state index in [0.717, 1.165) is 29.0 Å². The molecular weight excluding hydrogens is 352 g/mol. The summed E-state index contributed by atoms with van der Waals surface area (Å²) >= 11 is 0. The second kappa shape index (κ2) is 11.2. The summed E-state index contributed by atoms with van der Waals surface area (Å²) in [4.78, 5) is 17.9. The highest BCUT2D eigenvalue weighted by molar-refractivity contribution is 5.91. The number of pyridine rings is 1. The number of rotatable bonds is 8. The van der Waals surface area contributed by atoms with Crippen molar-refractivity contribution >= 4 is 24.4 Å². The van der Waals surface area contributed by atoms with E-state index in [4.69, 9.17) is 9.47 Å². The number of likely N-dealkylation sites (N-methyl/N-ethyl adjacent to an activating group) is 1. The predicted octanol–water partition coefficient (Wildman–Crippen LogP) is 3.63. The fourth-order valence-corrected chi connectivity index (χ4v) is 2.32. The number of ether oxygens (including phenoxy) is 2. The van der Waals surface area contributed by atoms with Crippen LogP contribution in [0.4, 0.5) is 0 Å². The van der Waals surface area contributed by atoms with Crippen molar-refractivity contribution in [3.63, 3.8) is 0 Å². The number of carbonyl (C=O) groups is 1. The Kier molecular flexibility index (Phi) is 9.23. The van der Waals surface area contributed by atoms with Crippen LogP contribution in [0, 0.1) is 0 Å². The smallest absolute Gasteiger partial charge is 0.246 e. The minimum absolute atomic E-state index is 0. The predicted molar refractivity (Wildman–Crippen MR) is 106 cm³/mol. The van der Waals surface area contributed by atoms with Crippen molar-refractivity contribution in [1.29, 1.82) is 0 Å². The Bertz CT molecular complexity index is 720. The van der Waals surface area contributed by atoms with Crippen molar-refractivity contribution in [3.8, 4) is 11.5 Å². The molecular formula is C20H25ClN2O3. The standard InChI is InChI=1S/C20H24N2O3.ClH/c1-4-25-19-14-16(7-9-18(19)24-3)11-13-22(2)20(23)10-8-17-6-5-12-21-15-17;/h5-10,12,14-15H,4,11,13H2,1-3H3;1H/b10-8+;. The third-order valence-corrected chi connectivity index (χ3v) is 3.74. The molecule has 5 nitrogen and oxygen atoms in total. The number of halogens is 1. The maximum Gasteiger partial charge on any atom is 0.246 e. The van der Waals surface area contributed by atoms with Crippen LogP contribution in [0.25, 0.3) is 6.08 Å². The van der Waals surface area contributed by atoms with E-state index >= 15 is 0 Å². The van der Waals surface area contributed by atoms with Crippen molar-refractivity contribution in [1.82, 2.24) is 9.88 Å². The zero-order chi connectivity index (χ0) is 18.1. The Balaban J connectivity index is 0.00000338. The monoisotopic (exact) mass is 376 g/mol. The fraction of sp³-hybridized carbons (Fsp3) is 0.300. The maximum atomic E-state index is 12.2. The first-order valence-corrected chi connectivity index (χ1v) is 8.27. The first-order valence-electron chi connectivity index (χ1n) is 8.27. The Morgan fingerprint density at radius 1 is 1.27 bits per heavy atom. The molecule has 6 heteroatoms. The highest BCUT2D eigenvalue weighted by Gasteiger charge is 2.08. The summed E-state index contributed by atoms with van der Waals surface area (Å²) < 4.78 is 10.9. The molecule has 140 valence electrons. The lowest BCUT2D eigenvalue weighted by Gasteiger charge is -2.16. The Hall–Kier alpha value is -2.53.